The van der Waals surface area contributed by atoms with Crippen LogP contribution in [0.15, 0.2) is 18.2 Å². The molecule has 0 spiro atoms. The molecule has 0 aliphatic heterocycles. The first-order chi connectivity index (χ1) is 13.2. The van der Waals surface area contributed by atoms with Gasteiger partial charge in [0.15, 0.2) is 0 Å². The summed E-state index contributed by atoms with van der Waals surface area (Å²) in [5.41, 5.74) is 2.39. The van der Waals surface area contributed by atoms with E-state index in [2.05, 4.69) is 32.2 Å². The summed E-state index contributed by atoms with van der Waals surface area (Å²) >= 11 is 7.73. The second-order valence-electron chi connectivity index (χ2n) is 8.16. The van der Waals surface area contributed by atoms with Crippen molar-refractivity contribution in [3.63, 3.8) is 0 Å². The monoisotopic (exact) mass is 416 g/mol. The Morgan fingerprint density at radius 1 is 1.43 bits per heavy atom. The van der Waals surface area contributed by atoms with Gasteiger partial charge in [0.2, 0.25) is 0 Å². The molecule has 148 valence electrons. The van der Waals surface area contributed by atoms with Gasteiger partial charge in [0.1, 0.15) is 16.8 Å². The van der Waals surface area contributed by atoms with Gasteiger partial charge in [0, 0.05) is 10.4 Å². The number of anilines is 1. The van der Waals surface area contributed by atoms with E-state index in [1.54, 1.807) is 18.2 Å². The largest absolute Gasteiger partial charge is 0.492 e. The van der Waals surface area contributed by atoms with Gasteiger partial charge in [-0.1, -0.05) is 32.4 Å². The number of nitriles is 1. The molecule has 3 rings (SSSR count). The van der Waals surface area contributed by atoms with Crippen LogP contribution in [0.25, 0.3) is 0 Å². The van der Waals surface area contributed by atoms with E-state index >= 15 is 0 Å². The summed E-state index contributed by atoms with van der Waals surface area (Å²) in [4.78, 5) is 14.0. The standard InChI is InChI=1S/C22H25ClN2O2S/c1-5-27-18-9-6-13(10-17(18)23)20(26)25-21-16(12-24)15-8-7-14(22(2,3)4)11-19(15)28-21/h6,9-10,14H,5,7-8,11H2,1-4H3,(H,25,26)/t14-/m1/s1. The summed E-state index contributed by atoms with van der Waals surface area (Å²) in [6.45, 7) is 9.18. The fraction of sp³-hybridized carbons (Fsp3) is 0.455. The highest BCUT2D eigenvalue weighted by molar-refractivity contribution is 7.16. The van der Waals surface area contributed by atoms with Gasteiger partial charge >= 0.3 is 0 Å². The van der Waals surface area contributed by atoms with E-state index in [9.17, 15) is 10.1 Å². The average molecular weight is 417 g/mol. The van der Waals surface area contributed by atoms with Gasteiger partial charge in [0.05, 0.1) is 17.2 Å². The Morgan fingerprint density at radius 2 is 2.18 bits per heavy atom. The van der Waals surface area contributed by atoms with Gasteiger partial charge in [0.25, 0.3) is 5.91 Å². The summed E-state index contributed by atoms with van der Waals surface area (Å²) in [6, 6.07) is 7.27. The molecule has 1 N–H and O–H groups in total. The summed E-state index contributed by atoms with van der Waals surface area (Å²) in [7, 11) is 0. The molecule has 1 amide bonds. The molecule has 1 atom stereocenters. The second kappa shape index (κ2) is 8.14. The number of carbonyl (C=O) groups is 1. The molecule has 1 aromatic heterocycles. The predicted octanol–water partition coefficient (Wildman–Crippen LogP) is 6.08. The number of hydrogen-bond acceptors (Lipinski definition) is 4. The van der Waals surface area contributed by atoms with E-state index < -0.39 is 0 Å². The molecule has 2 aromatic rings. The van der Waals surface area contributed by atoms with Crippen LogP contribution in [-0.4, -0.2) is 12.5 Å². The van der Waals surface area contributed by atoms with Crippen LogP contribution in [0.2, 0.25) is 5.02 Å². The zero-order valence-electron chi connectivity index (χ0n) is 16.7. The van der Waals surface area contributed by atoms with Crippen LogP contribution in [0, 0.1) is 22.7 Å². The minimum atomic E-state index is -0.271. The van der Waals surface area contributed by atoms with Crippen molar-refractivity contribution in [2.75, 3.05) is 11.9 Å². The molecule has 0 unspecified atom stereocenters. The molecule has 1 aliphatic carbocycles. The number of nitrogens with zero attached hydrogens (tertiary/aromatic N) is 1. The molecule has 0 bridgehead atoms. The Labute approximate surface area is 175 Å². The van der Waals surface area contributed by atoms with Crippen molar-refractivity contribution < 1.29 is 9.53 Å². The third-order valence-electron chi connectivity index (χ3n) is 5.32. The lowest BCUT2D eigenvalue weighted by atomic mass is 9.72. The normalized spacial score (nSPS) is 16.2. The van der Waals surface area contributed by atoms with Gasteiger partial charge in [-0.05, 0) is 61.3 Å². The molecule has 0 saturated carbocycles. The van der Waals surface area contributed by atoms with Crippen LogP contribution in [0.3, 0.4) is 0 Å². The van der Waals surface area contributed by atoms with E-state index in [0.717, 1.165) is 24.8 Å². The SMILES string of the molecule is CCOc1ccc(C(=O)Nc2sc3c(c2C#N)CC[C@@H](C(C)(C)C)C3)cc1Cl. The maximum absolute atomic E-state index is 12.7. The number of thiophene rings is 1. The predicted molar refractivity (Wildman–Crippen MR) is 115 cm³/mol. The second-order valence-corrected chi connectivity index (χ2v) is 9.67. The first-order valence-electron chi connectivity index (χ1n) is 9.53. The van der Waals surface area contributed by atoms with Gasteiger partial charge in [-0.2, -0.15) is 5.26 Å². The van der Waals surface area contributed by atoms with E-state index in [4.69, 9.17) is 16.3 Å². The highest BCUT2D eigenvalue weighted by Gasteiger charge is 2.32. The minimum absolute atomic E-state index is 0.233. The van der Waals surface area contributed by atoms with E-state index in [-0.39, 0.29) is 11.3 Å². The number of fused-ring (bicyclic) bond motifs is 1. The number of amides is 1. The average Bonchev–Trinajstić information content (AvgIpc) is 2.98. The van der Waals surface area contributed by atoms with Crippen LogP contribution >= 0.6 is 22.9 Å². The molecule has 6 heteroatoms. The van der Waals surface area contributed by atoms with Crippen molar-refractivity contribution in [2.24, 2.45) is 11.3 Å². The molecule has 28 heavy (non-hydrogen) atoms. The van der Waals surface area contributed by atoms with Crippen molar-refractivity contribution in [3.05, 3.63) is 44.8 Å². The highest BCUT2D eigenvalue weighted by atomic mass is 35.5. The Hall–Kier alpha value is -2.03. The van der Waals surface area contributed by atoms with Crippen molar-refractivity contribution in [1.82, 2.24) is 0 Å². The van der Waals surface area contributed by atoms with E-state index in [1.165, 1.54) is 16.2 Å². The third-order valence-corrected chi connectivity index (χ3v) is 6.79. The number of halogens is 1. The van der Waals surface area contributed by atoms with E-state index in [0.29, 0.717) is 39.4 Å². The van der Waals surface area contributed by atoms with Crippen LogP contribution in [0.5, 0.6) is 5.75 Å². The van der Waals surface area contributed by atoms with Crippen LogP contribution in [-0.2, 0) is 12.8 Å². The van der Waals surface area contributed by atoms with Crippen molar-refractivity contribution in [1.29, 1.82) is 5.26 Å². The first-order valence-corrected chi connectivity index (χ1v) is 10.7. The number of carbonyl (C=O) groups excluding carboxylic acids is 1. The molecule has 1 aromatic carbocycles. The molecular weight excluding hydrogens is 392 g/mol. The topological polar surface area (TPSA) is 62.1 Å². The molecule has 1 heterocycles. The Kier molecular flexibility index (Phi) is 6.02. The lowest BCUT2D eigenvalue weighted by Crippen LogP contribution is -2.26. The highest BCUT2D eigenvalue weighted by Crippen LogP contribution is 2.44. The summed E-state index contributed by atoms with van der Waals surface area (Å²) in [5, 5.41) is 13.6. The maximum atomic E-state index is 12.7. The van der Waals surface area contributed by atoms with Crippen molar-refractivity contribution in [3.8, 4) is 11.8 Å². The molecule has 0 fully saturated rings. The van der Waals surface area contributed by atoms with Gasteiger partial charge in [-0.25, -0.2) is 0 Å². The molecule has 0 saturated heterocycles. The minimum Gasteiger partial charge on any atom is -0.492 e. The summed E-state index contributed by atoms with van der Waals surface area (Å²) in [6.07, 6.45) is 2.92. The lowest BCUT2D eigenvalue weighted by Gasteiger charge is -2.33. The first kappa shape index (κ1) is 20.7. The number of nitrogens with one attached hydrogen (secondary N) is 1. The van der Waals surface area contributed by atoms with Gasteiger partial charge in [-0.3, -0.25) is 4.79 Å². The van der Waals surface area contributed by atoms with Crippen LogP contribution in [0.4, 0.5) is 5.00 Å². The smallest absolute Gasteiger partial charge is 0.256 e. The number of hydrogen-bond donors (Lipinski definition) is 1. The van der Waals surface area contributed by atoms with E-state index in [1.807, 2.05) is 6.92 Å². The van der Waals surface area contributed by atoms with Crippen molar-refractivity contribution in [2.45, 2.75) is 47.0 Å². The Balaban J connectivity index is 1.84. The number of rotatable bonds is 4. The third kappa shape index (κ3) is 4.19. The van der Waals surface area contributed by atoms with Crippen LogP contribution < -0.4 is 10.1 Å². The van der Waals surface area contributed by atoms with Crippen molar-refractivity contribution >= 4 is 33.8 Å². The molecular formula is C22H25ClN2O2S. The summed E-state index contributed by atoms with van der Waals surface area (Å²) in [5.74, 6) is 0.865. The fourth-order valence-electron chi connectivity index (χ4n) is 3.62. The van der Waals surface area contributed by atoms with Crippen LogP contribution in [0.1, 0.15) is 60.5 Å². The molecule has 1 aliphatic rings. The quantitative estimate of drug-likeness (QED) is 0.657. The Bertz CT molecular complexity index is 937. The number of benzene rings is 1. The number of ether oxygens (including phenoxy) is 1. The fourth-order valence-corrected chi connectivity index (χ4v) is 5.13. The molecule has 4 nitrogen and oxygen atoms in total. The van der Waals surface area contributed by atoms with Gasteiger partial charge < -0.3 is 10.1 Å². The zero-order valence-corrected chi connectivity index (χ0v) is 18.3. The lowest BCUT2D eigenvalue weighted by molar-refractivity contribution is 0.102. The zero-order chi connectivity index (χ0) is 20.5. The summed E-state index contributed by atoms with van der Waals surface area (Å²) < 4.78 is 5.41. The molecule has 0 radical (unpaired) electrons. The van der Waals surface area contributed by atoms with Gasteiger partial charge in [-0.15, -0.1) is 11.3 Å². The maximum Gasteiger partial charge on any atom is 0.256 e. The Morgan fingerprint density at radius 3 is 2.79 bits per heavy atom.